The van der Waals surface area contributed by atoms with Crippen LogP contribution in [0.3, 0.4) is 0 Å². The van der Waals surface area contributed by atoms with Gasteiger partial charge in [-0.05, 0) is 67.8 Å². The molecule has 1 heterocycles. The number of hydrogen-bond donors (Lipinski definition) is 0. The number of imidazole rings is 1. The molecule has 9 nitrogen and oxygen atoms in total. The molecule has 0 aliphatic carbocycles. The van der Waals surface area contributed by atoms with Gasteiger partial charge in [-0.3, -0.25) is 4.57 Å². The van der Waals surface area contributed by atoms with Gasteiger partial charge in [0, 0.05) is 24.7 Å². The van der Waals surface area contributed by atoms with Crippen molar-refractivity contribution in [1.82, 2.24) is 9.13 Å². The first-order valence-corrected chi connectivity index (χ1v) is 11.6. The Kier molecular flexibility index (Phi) is 10.2. The van der Waals surface area contributed by atoms with Gasteiger partial charge < -0.3 is 13.9 Å². The van der Waals surface area contributed by atoms with Crippen molar-refractivity contribution in [2.75, 3.05) is 12.9 Å². The molecular formula is C22H26KN5O4S. The van der Waals surface area contributed by atoms with Crippen LogP contribution in [0.5, 0.6) is 5.75 Å². The molecule has 3 rings (SSSR count). The summed E-state index contributed by atoms with van der Waals surface area (Å²) in [4.78, 5) is 0. The summed E-state index contributed by atoms with van der Waals surface area (Å²) < 4.78 is 41.8. The van der Waals surface area contributed by atoms with Crippen molar-refractivity contribution < 1.29 is 69.1 Å². The van der Waals surface area contributed by atoms with Gasteiger partial charge in [0.2, 0.25) is 5.62 Å². The Hall–Kier alpha value is -1.60. The molecule has 0 bridgehead atoms. The van der Waals surface area contributed by atoms with Gasteiger partial charge in [-0.1, -0.05) is 22.8 Å². The molecule has 0 spiro atoms. The largest absolute Gasteiger partial charge is 1.00 e. The number of hydrogen-bond acceptors (Lipinski definition) is 6. The molecule has 0 unspecified atom stereocenters. The van der Waals surface area contributed by atoms with Gasteiger partial charge in [0.1, 0.15) is 5.75 Å². The minimum atomic E-state index is -4.28. The van der Waals surface area contributed by atoms with Crippen molar-refractivity contribution >= 4 is 15.8 Å². The first-order chi connectivity index (χ1) is 15.2. The number of benzene rings is 2. The van der Waals surface area contributed by atoms with E-state index in [-0.39, 0.29) is 57.8 Å². The molecule has 0 aliphatic heterocycles. The van der Waals surface area contributed by atoms with Crippen molar-refractivity contribution in [3.8, 4) is 11.4 Å². The second-order valence-corrected chi connectivity index (χ2v) is 9.04. The van der Waals surface area contributed by atoms with Crippen LogP contribution in [0.15, 0.2) is 64.2 Å². The van der Waals surface area contributed by atoms with E-state index in [4.69, 9.17) is 4.74 Å². The Bertz CT molecular complexity index is 1270. The molecule has 0 saturated carbocycles. The topological polar surface area (TPSA) is 113 Å². The van der Waals surface area contributed by atoms with E-state index >= 15 is 0 Å². The molecule has 0 fully saturated rings. The Morgan fingerprint density at radius 3 is 2.24 bits per heavy atom. The van der Waals surface area contributed by atoms with E-state index in [1.54, 1.807) is 42.1 Å². The molecule has 0 amide bonds. The first kappa shape index (κ1) is 27.6. The normalized spacial score (nSPS) is 12.2. The fraction of sp³-hybridized carbons (Fsp3) is 0.318. The molecule has 0 radical (unpaired) electrons. The van der Waals surface area contributed by atoms with Gasteiger partial charge >= 0.3 is 51.4 Å². The Morgan fingerprint density at radius 2 is 1.67 bits per heavy atom. The van der Waals surface area contributed by atoms with Crippen LogP contribution in [0.25, 0.3) is 5.69 Å². The van der Waals surface area contributed by atoms with E-state index in [9.17, 15) is 13.0 Å². The zero-order valence-electron chi connectivity index (χ0n) is 19.5. The Labute approximate surface area is 236 Å². The summed E-state index contributed by atoms with van der Waals surface area (Å²) in [5.74, 6) is 0.270. The van der Waals surface area contributed by atoms with Crippen molar-refractivity contribution in [2.45, 2.75) is 33.7 Å². The predicted molar refractivity (Wildman–Crippen MR) is 120 cm³/mol. The number of nitrogens with zero attached hydrogens (tertiary/aromatic N) is 5. The monoisotopic (exact) mass is 495 g/mol. The van der Waals surface area contributed by atoms with Crippen LogP contribution >= 0.6 is 0 Å². The number of aryl methyl sites for hydroxylation is 4. The van der Waals surface area contributed by atoms with Gasteiger partial charge in [-0.15, -0.1) is 5.11 Å². The standard InChI is InChI=1S/C22H27N5O4S.K/c1-16-14-17(2)21(18(3)15-16)27-12-11-26(10-5-13-32(28,29)30)22(27)24-25-23-19-6-8-20(31-4)9-7-19;/h6-9,11-12,14-15H,5,10,13H2,1-4H3,(H,28,29,30);/q;+1/p-1/b24-22-,25-23?;. The molecule has 0 aliphatic rings. The van der Waals surface area contributed by atoms with Crippen molar-refractivity contribution in [3.63, 3.8) is 0 Å². The maximum absolute atomic E-state index is 11.0. The number of rotatable bonds is 8. The SMILES string of the molecule is COc1ccc(N=N/N=c2/n(CCCS(=O)(=O)[O-])ccn2-c2c(C)cc(C)cc2C)cc1.[K+]. The number of ether oxygens (including phenoxy) is 1. The van der Waals surface area contributed by atoms with Crippen LogP contribution in [0, 0.1) is 20.8 Å². The van der Waals surface area contributed by atoms with E-state index < -0.39 is 15.9 Å². The minimum Gasteiger partial charge on any atom is -0.748 e. The average Bonchev–Trinajstić information content (AvgIpc) is 3.09. The van der Waals surface area contributed by atoms with E-state index in [2.05, 4.69) is 27.6 Å². The van der Waals surface area contributed by atoms with E-state index in [1.807, 2.05) is 31.5 Å². The zero-order valence-corrected chi connectivity index (χ0v) is 23.5. The van der Waals surface area contributed by atoms with E-state index in [0.717, 1.165) is 22.4 Å². The second-order valence-electron chi connectivity index (χ2n) is 7.51. The third kappa shape index (κ3) is 7.71. The third-order valence-electron chi connectivity index (χ3n) is 4.90. The Balaban J connectivity index is 0.00000385. The molecule has 11 heteroatoms. The number of aromatic nitrogens is 2. The van der Waals surface area contributed by atoms with E-state index in [1.165, 1.54) is 0 Å². The fourth-order valence-corrected chi connectivity index (χ4v) is 4.08. The molecule has 0 N–H and O–H groups in total. The van der Waals surface area contributed by atoms with Gasteiger partial charge in [-0.25, -0.2) is 8.42 Å². The van der Waals surface area contributed by atoms with Gasteiger partial charge in [0.15, 0.2) is 0 Å². The van der Waals surface area contributed by atoms with Crippen molar-refractivity contribution in [2.24, 2.45) is 15.4 Å². The number of methoxy groups -OCH3 is 1. The van der Waals surface area contributed by atoms with Crippen LogP contribution in [-0.4, -0.2) is 35.0 Å². The van der Waals surface area contributed by atoms with Crippen molar-refractivity contribution in [3.05, 3.63) is 71.1 Å². The van der Waals surface area contributed by atoms with Gasteiger partial charge in [-0.2, -0.15) is 0 Å². The predicted octanol–water partition coefficient (Wildman–Crippen LogP) is 0.752. The molecule has 0 atom stereocenters. The van der Waals surface area contributed by atoms with Gasteiger partial charge in [0.25, 0.3) is 0 Å². The first-order valence-electron chi connectivity index (χ1n) is 10.1. The van der Waals surface area contributed by atoms with Crippen LogP contribution < -0.4 is 61.7 Å². The summed E-state index contributed by atoms with van der Waals surface area (Å²) in [5, 5.41) is 12.5. The third-order valence-corrected chi connectivity index (χ3v) is 5.69. The summed E-state index contributed by atoms with van der Waals surface area (Å²) >= 11 is 0. The quantitative estimate of drug-likeness (QED) is 0.199. The minimum absolute atomic E-state index is 0. The maximum Gasteiger partial charge on any atom is 1.00 e. The molecule has 0 saturated heterocycles. The Morgan fingerprint density at radius 1 is 1.03 bits per heavy atom. The van der Waals surface area contributed by atoms with Crippen molar-refractivity contribution in [1.29, 1.82) is 0 Å². The smallest absolute Gasteiger partial charge is 0.748 e. The second kappa shape index (κ2) is 12.2. The molecule has 2 aromatic carbocycles. The summed E-state index contributed by atoms with van der Waals surface area (Å²) in [6.07, 6.45) is 3.81. The maximum atomic E-state index is 11.0. The van der Waals surface area contributed by atoms with Crippen LogP contribution in [-0.2, 0) is 16.7 Å². The summed E-state index contributed by atoms with van der Waals surface area (Å²) in [7, 11) is -2.69. The molecular weight excluding hydrogens is 469 g/mol. The summed E-state index contributed by atoms with van der Waals surface area (Å²) in [6, 6.07) is 11.2. The average molecular weight is 496 g/mol. The van der Waals surface area contributed by atoms with Crippen LogP contribution in [0.4, 0.5) is 5.69 Å². The zero-order chi connectivity index (χ0) is 23.3. The summed E-state index contributed by atoms with van der Waals surface area (Å²) in [6.45, 7) is 6.38. The summed E-state index contributed by atoms with van der Waals surface area (Å²) in [5.41, 5.74) is 5.33. The molecule has 3 aromatic rings. The van der Waals surface area contributed by atoms with Gasteiger partial charge in [0.05, 0.1) is 28.6 Å². The fourth-order valence-electron chi connectivity index (χ4n) is 3.60. The molecule has 170 valence electrons. The van der Waals surface area contributed by atoms with Crippen LogP contribution in [0.1, 0.15) is 23.1 Å². The van der Waals surface area contributed by atoms with E-state index in [0.29, 0.717) is 23.6 Å². The van der Waals surface area contributed by atoms with Crippen LogP contribution in [0.2, 0.25) is 0 Å². The molecule has 33 heavy (non-hydrogen) atoms. The molecule has 1 aromatic heterocycles.